The molecule has 0 saturated carbocycles. The number of rotatable bonds is 5. The molecule has 3 rings (SSSR count). The molecule has 0 bridgehead atoms. The molecular formula is C20H22N2O3. The highest BCUT2D eigenvalue weighted by Crippen LogP contribution is 2.28. The Labute approximate surface area is 147 Å². The first-order chi connectivity index (χ1) is 12.1. The molecule has 1 aliphatic heterocycles. The topological polar surface area (TPSA) is 67.4 Å². The molecular weight excluding hydrogens is 316 g/mol. The molecule has 2 aromatic carbocycles. The first kappa shape index (κ1) is 17.0. The number of para-hydroxylation sites is 1. The molecule has 1 aliphatic rings. The summed E-state index contributed by atoms with van der Waals surface area (Å²) < 4.78 is 5.27. The molecule has 1 atom stereocenters. The number of hydrogen-bond donors (Lipinski definition) is 2. The predicted octanol–water partition coefficient (Wildman–Crippen LogP) is 3.53. The minimum atomic E-state index is -0.181. The standard InChI is InChI=1S/C20H22N2O3/c1-13-7-9-18(25-2)17(11-13)21-19(23)10-8-15-12-14-5-3-4-6-16(14)22-20(15)24/h3-7,9,11,15H,8,10,12H2,1-2H3,(H,21,23)(H,22,24). The van der Waals surface area contributed by atoms with Crippen LogP contribution in [0, 0.1) is 12.8 Å². The molecule has 0 saturated heterocycles. The van der Waals surface area contributed by atoms with Gasteiger partial charge >= 0.3 is 0 Å². The van der Waals surface area contributed by atoms with Crippen LogP contribution in [0.25, 0.3) is 0 Å². The van der Waals surface area contributed by atoms with Gasteiger partial charge in [-0.2, -0.15) is 0 Å². The number of ether oxygens (including phenoxy) is 1. The zero-order chi connectivity index (χ0) is 17.8. The van der Waals surface area contributed by atoms with E-state index in [0.717, 1.165) is 16.8 Å². The van der Waals surface area contributed by atoms with Gasteiger partial charge in [0.05, 0.1) is 12.8 Å². The molecule has 2 N–H and O–H groups in total. The molecule has 0 aromatic heterocycles. The number of aryl methyl sites for hydroxylation is 1. The summed E-state index contributed by atoms with van der Waals surface area (Å²) in [6, 6.07) is 13.4. The van der Waals surface area contributed by atoms with Gasteiger partial charge in [-0.25, -0.2) is 0 Å². The van der Waals surface area contributed by atoms with Crippen LogP contribution in [0.3, 0.4) is 0 Å². The molecule has 130 valence electrons. The summed E-state index contributed by atoms with van der Waals surface area (Å²) >= 11 is 0. The van der Waals surface area contributed by atoms with Gasteiger partial charge in [0.2, 0.25) is 11.8 Å². The maximum absolute atomic E-state index is 12.3. The molecule has 0 spiro atoms. The molecule has 2 amide bonds. The quantitative estimate of drug-likeness (QED) is 0.876. The van der Waals surface area contributed by atoms with E-state index in [1.165, 1.54) is 0 Å². The smallest absolute Gasteiger partial charge is 0.227 e. The number of hydrogen-bond acceptors (Lipinski definition) is 3. The van der Waals surface area contributed by atoms with Crippen LogP contribution >= 0.6 is 0 Å². The van der Waals surface area contributed by atoms with Crippen molar-refractivity contribution in [2.45, 2.75) is 26.2 Å². The fourth-order valence-electron chi connectivity index (χ4n) is 3.08. The van der Waals surface area contributed by atoms with Crippen LogP contribution in [-0.4, -0.2) is 18.9 Å². The van der Waals surface area contributed by atoms with Crippen LogP contribution in [0.2, 0.25) is 0 Å². The molecule has 1 heterocycles. The zero-order valence-corrected chi connectivity index (χ0v) is 14.5. The molecule has 0 radical (unpaired) electrons. The number of benzene rings is 2. The van der Waals surface area contributed by atoms with Crippen LogP contribution in [0.1, 0.15) is 24.0 Å². The number of nitrogens with one attached hydrogen (secondary N) is 2. The van der Waals surface area contributed by atoms with E-state index in [1.54, 1.807) is 7.11 Å². The normalized spacial score (nSPS) is 15.9. The summed E-state index contributed by atoms with van der Waals surface area (Å²) in [5.74, 6) is 0.318. The third-order valence-electron chi connectivity index (χ3n) is 4.46. The second kappa shape index (κ2) is 7.38. The average Bonchev–Trinajstić information content (AvgIpc) is 2.60. The largest absolute Gasteiger partial charge is 0.495 e. The zero-order valence-electron chi connectivity index (χ0n) is 14.5. The molecule has 5 nitrogen and oxygen atoms in total. The van der Waals surface area contributed by atoms with Crippen LogP contribution in [-0.2, 0) is 16.0 Å². The Hall–Kier alpha value is -2.82. The van der Waals surface area contributed by atoms with Crippen molar-refractivity contribution in [3.63, 3.8) is 0 Å². The Morgan fingerprint density at radius 2 is 2.08 bits per heavy atom. The van der Waals surface area contributed by atoms with E-state index in [4.69, 9.17) is 4.74 Å². The van der Waals surface area contributed by atoms with Gasteiger partial charge in [0, 0.05) is 18.0 Å². The predicted molar refractivity (Wildman–Crippen MR) is 97.9 cm³/mol. The van der Waals surface area contributed by atoms with Crippen molar-refractivity contribution >= 4 is 23.2 Å². The molecule has 5 heteroatoms. The van der Waals surface area contributed by atoms with Crippen molar-refractivity contribution in [3.05, 3.63) is 53.6 Å². The summed E-state index contributed by atoms with van der Waals surface area (Å²) in [6.45, 7) is 1.96. The van der Waals surface area contributed by atoms with Gasteiger partial charge in [0.15, 0.2) is 0 Å². The minimum Gasteiger partial charge on any atom is -0.495 e. The van der Waals surface area contributed by atoms with Gasteiger partial charge in [-0.1, -0.05) is 24.3 Å². The van der Waals surface area contributed by atoms with Crippen LogP contribution in [0.5, 0.6) is 5.75 Å². The molecule has 2 aromatic rings. The SMILES string of the molecule is COc1ccc(C)cc1NC(=O)CCC1Cc2ccccc2NC1=O. The first-order valence-electron chi connectivity index (χ1n) is 8.40. The second-order valence-corrected chi connectivity index (χ2v) is 6.34. The van der Waals surface area contributed by atoms with E-state index in [9.17, 15) is 9.59 Å². The Morgan fingerprint density at radius 1 is 1.28 bits per heavy atom. The van der Waals surface area contributed by atoms with Crippen molar-refractivity contribution in [2.75, 3.05) is 17.7 Å². The number of anilines is 2. The lowest BCUT2D eigenvalue weighted by atomic mass is 9.89. The second-order valence-electron chi connectivity index (χ2n) is 6.34. The van der Waals surface area contributed by atoms with Gasteiger partial charge in [-0.05, 0) is 49.1 Å². The Bertz CT molecular complexity index is 801. The fraction of sp³-hybridized carbons (Fsp3) is 0.300. The van der Waals surface area contributed by atoms with E-state index in [-0.39, 0.29) is 24.2 Å². The maximum atomic E-state index is 12.3. The lowest BCUT2D eigenvalue weighted by molar-refractivity contribution is -0.121. The number of methoxy groups -OCH3 is 1. The Kier molecular flexibility index (Phi) is 5.03. The van der Waals surface area contributed by atoms with Gasteiger partial charge in [0.25, 0.3) is 0 Å². The third-order valence-corrected chi connectivity index (χ3v) is 4.46. The van der Waals surface area contributed by atoms with Gasteiger partial charge in [-0.3, -0.25) is 9.59 Å². The fourth-order valence-corrected chi connectivity index (χ4v) is 3.08. The monoisotopic (exact) mass is 338 g/mol. The van der Waals surface area contributed by atoms with E-state index < -0.39 is 0 Å². The van der Waals surface area contributed by atoms with Crippen molar-refractivity contribution < 1.29 is 14.3 Å². The van der Waals surface area contributed by atoms with Gasteiger partial charge < -0.3 is 15.4 Å². The first-order valence-corrected chi connectivity index (χ1v) is 8.40. The van der Waals surface area contributed by atoms with Crippen molar-refractivity contribution in [1.82, 2.24) is 0 Å². The van der Waals surface area contributed by atoms with Crippen molar-refractivity contribution in [3.8, 4) is 5.75 Å². The van der Waals surface area contributed by atoms with Crippen molar-refractivity contribution in [1.29, 1.82) is 0 Å². The molecule has 1 unspecified atom stereocenters. The summed E-state index contributed by atoms with van der Waals surface area (Å²) in [4.78, 5) is 24.5. The Morgan fingerprint density at radius 3 is 2.88 bits per heavy atom. The highest BCUT2D eigenvalue weighted by atomic mass is 16.5. The number of carbonyl (C=O) groups excluding carboxylic acids is 2. The van der Waals surface area contributed by atoms with Crippen LogP contribution < -0.4 is 15.4 Å². The highest BCUT2D eigenvalue weighted by Gasteiger charge is 2.26. The summed E-state index contributed by atoms with van der Waals surface area (Å²) in [7, 11) is 1.57. The number of fused-ring (bicyclic) bond motifs is 1. The van der Waals surface area contributed by atoms with Crippen LogP contribution in [0.15, 0.2) is 42.5 Å². The molecule has 0 fully saturated rings. The van der Waals surface area contributed by atoms with Crippen molar-refractivity contribution in [2.24, 2.45) is 5.92 Å². The van der Waals surface area contributed by atoms with E-state index in [1.807, 2.05) is 49.4 Å². The lowest BCUT2D eigenvalue weighted by Gasteiger charge is -2.24. The average molecular weight is 338 g/mol. The number of carbonyl (C=O) groups is 2. The van der Waals surface area contributed by atoms with E-state index in [0.29, 0.717) is 24.3 Å². The summed E-state index contributed by atoms with van der Waals surface area (Å²) in [5.41, 5.74) is 3.69. The Balaban J connectivity index is 1.60. The van der Waals surface area contributed by atoms with Gasteiger partial charge in [0.1, 0.15) is 5.75 Å². The summed E-state index contributed by atoms with van der Waals surface area (Å²) in [6.07, 6.45) is 1.47. The molecule has 25 heavy (non-hydrogen) atoms. The van der Waals surface area contributed by atoms with Gasteiger partial charge in [-0.15, -0.1) is 0 Å². The minimum absolute atomic E-state index is 0.0142. The van der Waals surface area contributed by atoms with E-state index in [2.05, 4.69) is 10.6 Å². The summed E-state index contributed by atoms with van der Waals surface area (Å²) in [5, 5.41) is 5.80. The van der Waals surface area contributed by atoms with E-state index >= 15 is 0 Å². The highest BCUT2D eigenvalue weighted by molar-refractivity contribution is 5.97. The lowest BCUT2D eigenvalue weighted by Crippen LogP contribution is -2.30. The molecule has 0 aliphatic carbocycles. The maximum Gasteiger partial charge on any atom is 0.227 e. The third kappa shape index (κ3) is 3.99. The van der Waals surface area contributed by atoms with Crippen LogP contribution in [0.4, 0.5) is 11.4 Å². The number of amides is 2.